The van der Waals surface area contributed by atoms with Crippen molar-refractivity contribution in [2.75, 3.05) is 0 Å². The lowest BCUT2D eigenvalue weighted by Crippen LogP contribution is -1.81. The van der Waals surface area contributed by atoms with E-state index in [1.165, 1.54) is 22.3 Å². The van der Waals surface area contributed by atoms with Crippen LogP contribution in [0, 0.1) is 13.8 Å². The van der Waals surface area contributed by atoms with Crippen molar-refractivity contribution in [2.45, 2.75) is 13.8 Å². The minimum Gasteiger partial charge on any atom is -0.265 e. The third-order valence-electron chi connectivity index (χ3n) is 2.71. The Kier molecular flexibility index (Phi) is 3.16. The summed E-state index contributed by atoms with van der Waals surface area (Å²) in [5.74, 6) is 0. The number of aromatic nitrogens is 1. The van der Waals surface area contributed by atoms with Crippen molar-refractivity contribution < 1.29 is 0 Å². The number of rotatable bonds is 2. The van der Waals surface area contributed by atoms with Crippen LogP contribution in [0.1, 0.15) is 22.3 Å². The van der Waals surface area contributed by atoms with Crippen molar-refractivity contribution in [3.63, 3.8) is 0 Å². The number of aryl methyl sites for hydroxylation is 2. The van der Waals surface area contributed by atoms with E-state index in [0.29, 0.717) is 0 Å². The molecule has 1 heteroatoms. The van der Waals surface area contributed by atoms with Crippen LogP contribution < -0.4 is 0 Å². The average molecular weight is 209 g/mol. The SMILES string of the molecule is Cc1ccc(/C=C\c2ccncc2)cc1C. The Balaban J connectivity index is 2.21. The molecule has 0 aliphatic rings. The molecule has 0 bridgehead atoms. The van der Waals surface area contributed by atoms with Gasteiger partial charge in [0.25, 0.3) is 0 Å². The highest BCUT2D eigenvalue weighted by atomic mass is 14.6. The van der Waals surface area contributed by atoms with Gasteiger partial charge in [-0.2, -0.15) is 0 Å². The predicted octanol–water partition coefficient (Wildman–Crippen LogP) is 3.87. The number of pyridine rings is 1. The molecule has 16 heavy (non-hydrogen) atoms. The summed E-state index contributed by atoms with van der Waals surface area (Å²) in [7, 11) is 0. The highest BCUT2D eigenvalue weighted by Gasteiger charge is 1.92. The van der Waals surface area contributed by atoms with Gasteiger partial charge in [-0.15, -0.1) is 0 Å². The molecule has 1 aromatic heterocycles. The molecule has 2 rings (SSSR count). The molecule has 1 aromatic carbocycles. The second-order valence-corrected chi connectivity index (χ2v) is 3.96. The quantitative estimate of drug-likeness (QED) is 0.731. The fraction of sp³-hybridized carbons (Fsp3) is 0.133. The topological polar surface area (TPSA) is 12.9 Å². The first-order chi connectivity index (χ1) is 7.75. The van der Waals surface area contributed by atoms with Gasteiger partial charge in [-0.25, -0.2) is 0 Å². The lowest BCUT2D eigenvalue weighted by molar-refractivity contribution is 1.32. The Morgan fingerprint density at radius 3 is 2.19 bits per heavy atom. The number of nitrogens with zero attached hydrogens (tertiary/aromatic N) is 1. The highest BCUT2D eigenvalue weighted by Crippen LogP contribution is 2.12. The van der Waals surface area contributed by atoms with Crippen molar-refractivity contribution in [3.05, 3.63) is 65.0 Å². The van der Waals surface area contributed by atoms with Gasteiger partial charge in [-0.3, -0.25) is 4.98 Å². The minimum absolute atomic E-state index is 1.17. The molecule has 0 saturated heterocycles. The molecule has 1 nitrogen and oxygen atoms in total. The summed E-state index contributed by atoms with van der Waals surface area (Å²) >= 11 is 0. The van der Waals surface area contributed by atoms with Crippen LogP contribution in [0.5, 0.6) is 0 Å². The molecule has 0 N–H and O–H groups in total. The smallest absolute Gasteiger partial charge is 0.0273 e. The van der Waals surface area contributed by atoms with Crippen LogP contribution in [0.2, 0.25) is 0 Å². The fourth-order valence-corrected chi connectivity index (χ4v) is 1.54. The van der Waals surface area contributed by atoms with Crippen molar-refractivity contribution in [2.24, 2.45) is 0 Å². The van der Waals surface area contributed by atoms with E-state index in [0.717, 1.165) is 0 Å². The van der Waals surface area contributed by atoms with E-state index in [1.54, 1.807) is 12.4 Å². The van der Waals surface area contributed by atoms with Crippen LogP contribution in [-0.4, -0.2) is 4.98 Å². The molecule has 0 amide bonds. The van der Waals surface area contributed by atoms with E-state index in [-0.39, 0.29) is 0 Å². The van der Waals surface area contributed by atoms with Crippen LogP contribution in [0.25, 0.3) is 12.2 Å². The summed E-state index contributed by atoms with van der Waals surface area (Å²) in [6, 6.07) is 10.5. The fourth-order valence-electron chi connectivity index (χ4n) is 1.54. The lowest BCUT2D eigenvalue weighted by atomic mass is 10.1. The Morgan fingerprint density at radius 2 is 1.50 bits per heavy atom. The van der Waals surface area contributed by atoms with Crippen LogP contribution in [0.4, 0.5) is 0 Å². The molecule has 0 aliphatic heterocycles. The predicted molar refractivity (Wildman–Crippen MR) is 69.1 cm³/mol. The van der Waals surface area contributed by atoms with Gasteiger partial charge in [0.15, 0.2) is 0 Å². The summed E-state index contributed by atoms with van der Waals surface area (Å²) in [6.45, 7) is 4.27. The summed E-state index contributed by atoms with van der Waals surface area (Å²) in [4.78, 5) is 3.99. The van der Waals surface area contributed by atoms with Crippen LogP contribution in [0.3, 0.4) is 0 Å². The van der Waals surface area contributed by atoms with Gasteiger partial charge in [0.05, 0.1) is 0 Å². The molecular formula is C15H15N. The monoisotopic (exact) mass is 209 g/mol. The van der Waals surface area contributed by atoms with Crippen LogP contribution in [0.15, 0.2) is 42.7 Å². The first-order valence-corrected chi connectivity index (χ1v) is 5.41. The number of benzene rings is 1. The largest absolute Gasteiger partial charge is 0.265 e. The first kappa shape index (κ1) is 10.6. The van der Waals surface area contributed by atoms with Crippen LogP contribution >= 0.6 is 0 Å². The Labute approximate surface area is 96.5 Å². The Hall–Kier alpha value is -1.89. The Bertz CT molecular complexity index is 498. The summed E-state index contributed by atoms with van der Waals surface area (Å²) in [6.07, 6.45) is 7.84. The van der Waals surface area contributed by atoms with Gasteiger partial charge in [-0.05, 0) is 48.2 Å². The van der Waals surface area contributed by atoms with E-state index >= 15 is 0 Å². The van der Waals surface area contributed by atoms with Gasteiger partial charge >= 0.3 is 0 Å². The maximum atomic E-state index is 3.99. The van der Waals surface area contributed by atoms with Gasteiger partial charge < -0.3 is 0 Å². The molecule has 0 unspecified atom stereocenters. The third kappa shape index (κ3) is 2.57. The minimum atomic E-state index is 1.17. The summed E-state index contributed by atoms with van der Waals surface area (Å²) < 4.78 is 0. The molecule has 2 aromatic rings. The normalized spacial score (nSPS) is 10.9. The van der Waals surface area contributed by atoms with Crippen molar-refractivity contribution in [3.8, 4) is 0 Å². The molecular weight excluding hydrogens is 194 g/mol. The van der Waals surface area contributed by atoms with Crippen molar-refractivity contribution in [1.29, 1.82) is 0 Å². The molecule has 1 heterocycles. The van der Waals surface area contributed by atoms with E-state index in [2.05, 4.69) is 49.2 Å². The lowest BCUT2D eigenvalue weighted by Gasteiger charge is -2.00. The molecule has 0 radical (unpaired) electrons. The van der Waals surface area contributed by atoms with Gasteiger partial charge in [0.2, 0.25) is 0 Å². The van der Waals surface area contributed by atoms with E-state index in [4.69, 9.17) is 0 Å². The highest BCUT2D eigenvalue weighted by molar-refractivity contribution is 5.69. The zero-order valence-corrected chi connectivity index (χ0v) is 9.64. The molecule has 0 spiro atoms. The number of hydrogen-bond acceptors (Lipinski definition) is 1. The third-order valence-corrected chi connectivity index (χ3v) is 2.71. The molecule has 0 aliphatic carbocycles. The van der Waals surface area contributed by atoms with Crippen LogP contribution in [-0.2, 0) is 0 Å². The maximum absolute atomic E-state index is 3.99. The second-order valence-electron chi connectivity index (χ2n) is 3.96. The van der Waals surface area contributed by atoms with E-state index in [9.17, 15) is 0 Å². The van der Waals surface area contributed by atoms with Crippen molar-refractivity contribution in [1.82, 2.24) is 4.98 Å². The molecule has 0 atom stereocenters. The standard InChI is InChI=1S/C15H15N/c1-12-3-4-15(11-13(12)2)6-5-14-7-9-16-10-8-14/h3-11H,1-2H3/b6-5-. The molecule has 80 valence electrons. The molecule has 0 fully saturated rings. The second kappa shape index (κ2) is 4.75. The summed E-state index contributed by atoms with van der Waals surface area (Å²) in [5.41, 5.74) is 5.08. The molecule has 0 saturated carbocycles. The van der Waals surface area contributed by atoms with E-state index < -0.39 is 0 Å². The van der Waals surface area contributed by atoms with Gasteiger partial charge in [-0.1, -0.05) is 30.4 Å². The van der Waals surface area contributed by atoms with E-state index in [1.807, 2.05) is 12.1 Å². The van der Waals surface area contributed by atoms with Gasteiger partial charge in [0, 0.05) is 12.4 Å². The van der Waals surface area contributed by atoms with Crippen molar-refractivity contribution >= 4 is 12.2 Å². The summed E-state index contributed by atoms with van der Waals surface area (Å²) in [5, 5.41) is 0. The zero-order valence-electron chi connectivity index (χ0n) is 9.64. The first-order valence-electron chi connectivity index (χ1n) is 5.41. The average Bonchev–Trinajstić information content (AvgIpc) is 2.32. The van der Waals surface area contributed by atoms with Gasteiger partial charge in [0.1, 0.15) is 0 Å². The number of hydrogen-bond donors (Lipinski definition) is 0. The zero-order chi connectivity index (χ0) is 11.4. The Morgan fingerprint density at radius 1 is 0.812 bits per heavy atom. The maximum Gasteiger partial charge on any atom is 0.0273 e.